The normalized spacial score (nSPS) is 17.2. The monoisotopic (exact) mass is 479 g/mol. The first-order valence-electron chi connectivity index (χ1n) is 11.1. The number of hydrogen-bond acceptors (Lipinski definition) is 7. The topological polar surface area (TPSA) is 84.8 Å². The SMILES string of the molecule is CC(C(=O)CCCF)c1ccc(O[C@@H]2CCN(c3ncnc(OCC(C)(C)O)c3Cl)C2)cc1. The van der Waals surface area contributed by atoms with E-state index >= 15 is 0 Å². The third-order valence-electron chi connectivity index (χ3n) is 5.47. The van der Waals surface area contributed by atoms with E-state index in [1.165, 1.54) is 6.33 Å². The second kappa shape index (κ2) is 11.1. The molecule has 9 heteroatoms. The molecule has 1 aromatic carbocycles. The van der Waals surface area contributed by atoms with Gasteiger partial charge in [0.15, 0.2) is 5.82 Å². The van der Waals surface area contributed by atoms with Crippen molar-refractivity contribution in [1.82, 2.24) is 9.97 Å². The molecule has 2 aromatic rings. The number of anilines is 1. The zero-order chi connectivity index (χ0) is 24.0. The van der Waals surface area contributed by atoms with Crippen LogP contribution in [-0.2, 0) is 4.79 Å². The average molecular weight is 480 g/mol. The minimum absolute atomic E-state index is 0.0420. The van der Waals surface area contributed by atoms with Gasteiger partial charge in [0, 0.05) is 25.3 Å². The summed E-state index contributed by atoms with van der Waals surface area (Å²) in [5.41, 5.74) is -0.110. The van der Waals surface area contributed by atoms with Gasteiger partial charge in [-0.15, -0.1) is 0 Å². The van der Waals surface area contributed by atoms with Crippen molar-refractivity contribution in [1.29, 1.82) is 0 Å². The lowest BCUT2D eigenvalue weighted by Gasteiger charge is -2.21. The Kier molecular flexibility index (Phi) is 8.48. The number of aromatic nitrogens is 2. The van der Waals surface area contributed by atoms with Crippen molar-refractivity contribution in [3.63, 3.8) is 0 Å². The molecule has 2 atom stereocenters. The van der Waals surface area contributed by atoms with E-state index < -0.39 is 12.3 Å². The maximum absolute atomic E-state index is 12.3. The Morgan fingerprint density at radius 2 is 2.06 bits per heavy atom. The fraction of sp³-hybridized carbons (Fsp3) is 0.542. The number of benzene rings is 1. The smallest absolute Gasteiger partial charge is 0.238 e. The molecular weight excluding hydrogens is 449 g/mol. The first kappa shape index (κ1) is 25.2. The summed E-state index contributed by atoms with van der Waals surface area (Å²) in [6.07, 6.45) is 2.66. The average Bonchev–Trinajstić information content (AvgIpc) is 3.24. The van der Waals surface area contributed by atoms with Gasteiger partial charge in [-0.05, 0) is 38.0 Å². The fourth-order valence-corrected chi connectivity index (χ4v) is 3.87. The molecule has 1 aromatic heterocycles. The zero-order valence-corrected chi connectivity index (χ0v) is 20.0. The Hall–Kier alpha value is -2.45. The standard InChI is InChI=1S/C24H31ClFN3O4/c1-16(20(30)5-4-11-26)17-6-8-18(9-7-17)33-19-10-12-29(13-19)22-21(25)23(28-15-27-22)32-14-24(2,3)31/h6-9,15-16,19,31H,4-5,10-14H2,1-3H3/t16?,19-/m1/s1. The van der Waals surface area contributed by atoms with E-state index in [1.54, 1.807) is 13.8 Å². The van der Waals surface area contributed by atoms with Gasteiger partial charge in [0.05, 0.1) is 18.8 Å². The summed E-state index contributed by atoms with van der Waals surface area (Å²) in [6, 6.07) is 7.48. The van der Waals surface area contributed by atoms with E-state index in [-0.39, 0.29) is 43.1 Å². The first-order valence-corrected chi connectivity index (χ1v) is 11.5. The minimum Gasteiger partial charge on any atom is -0.489 e. The van der Waals surface area contributed by atoms with Crippen molar-refractivity contribution >= 4 is 23.2 Å². The van der Waals surface area contributed by atoms with E-state index in [1.807, 2.05) is 36.1 Å². The predicted octanol–water partition coefficient (Wildman–Crippen LogP) is 4.36. The quantitative estimate of drug-likeness (QED) is 0.512. The largest absolute Gasteiger partial charge is 0.489 e. The molecule has 0 bridgehead atoms. The van der Waals surface area contributed by atoms with Crippen LogP contribution >= 0.6 is 11.6 Å². The van der Waals surface area contributed by atoms with Crippen molar-refractivity contribution < 1.29 is 23.8 Å². The molecule has 7 nitrogen and oxygen atoms in total. The highest BCUT2D eigenvalue weighted by Crippen LogP contribution is 2.33. The van der Waals surface area contributed by atoms with Gasteiger partial charge in [0.2, 0.25) is 5.88 Å². The highest BCUT2D eigenvalue weighted by molar-refractivity contribution is 6.34. The molecule has 1 unspecified atom stereocenters. The van der Waals surface area contributed by atoms with E-state index in [4.69, 9.17) is 21.1 Å². The van der Waals surface area contributed by atoms with E-state index in [9.17, 15) is 14.3 Å². The third kappa shape index (κ3) is 7.01. The van der Waals surface area contributed by atoms with Gasteiger partial charge in [-0.3, -0.25) is 9.18 Å². The second-order valence-corrected chi connectivity index (χ2v) is 9.32. The number of ketones is 1. The summed E-state index contributed by atoms with van der Waals surface area (Å²) >= 11 is 6.47. The molecule has 2 heterocycles. The summed E-state index contributed by atoms with van der Waals surface area (Å²) in [7, 11) is 0. The molecule has 33 heavy (non-hydrogen) atoms. The van der Waals surface area contributed by atoms with Crippen molar-refractivity contribution in [3.8, 4) is 11.6 Å². The molecular formula is C24H31ClFN3O4. The molecule has 0 amide bonds. The van der Waals surface area contributed by atoms with Gasteiger partial charge in [0.25, 0.3) is 0 Å². The molecule has 1 saturated heterocycles. The number of ether oxygens (including phenoxy) is 2. The van der Waals surface area contributed by atoms with Gasteiger partial charge in [-0.1, -0.05) is 30.7 Å². The second-order valence-electron chi connectivity index (χ2n) is 8.94. The van der Waals surface area contributed by atoms with Crippen LogP contribution in [0, 0.1) is 0 Å². The number of hydrogen-bond donors (Lipinski definition) is 1. The number of alkyl halides is 1. The van der Waals surface area contributed by atoms with Crippen LogP contribution in [0.5, 0.6) is 11.6 Å². The van der Waals surface area contributed by atoms with E-state index in [0.717, 1.165) is 17.7 Å². The predicted molar refractivity (Wildman–Crippen MR) is 125 cm³/mol. The lowest BCUT2D eigenvalue weighted by molar-refractivity contribution is -0.120. The lowest BCUT2D eigenvalue weighted by Crippen LogP contribution is -2.29. The van der Waals surface area contributed by atoms with Crippen LogP contribution in [0.15, 0.2) is 30.6 Å². The van der Waals surface area contributed by atoms with Gasteiger partial charge in [0.1, 0.15) is 35.6 Å². The molecule has 0 spiro atoms. The fourth-order valence-electron chi connectivity index (χ4n) is 3.60. The van der Waals surface area contributed by atoms with Crippen molar-refractivity contribution in [3.05, 3.63) is 41.2 Å². The molecule has 1 fully saturated rings. The Balaban J connectivity index is 1.58. The lowest BCUT2D eigenvalue weighted by atomic mass is 9.94. The van der Waals surface area contributed by atoms with Gasteiger partial charge < -0.3 is 19.5 Å². The molecule has 0 radical (unpaired) electrons. The number of carbonyl (C=O) groups is 1. The van der Waals surface area contributed by atoms with Crippen LogP contribution in [0.25, 0.3) is 0 Å². The molecule has 180 valence electrons. The van der Waals surface area contributed by atoms with Gasteiger partial charge in [-0.25, -0.2) is 9.97 Å². The Bertz CT molecular complexity index is 936. The van der Waals surface area contributed by atoms with Crippen LogP contribution in [0.3, 0.4) is 0 Å². The van der Waals surface area contributed by atoms with Gasteiger partial charge >= 0.3 is 0 Å². The van der Waals surface area contributed by atoms with Crippen LogP contribution < -0.4 is 14.4 Å². The first-order chi connectivity index (χ1) is 15.7. The number of nitrogens with zero attached hydrogens (tertiary/aromatic N) is 3. The number of rotatable bonds is 11. The summed E-state index contributed by atoms with van der Waals surface area (Å²) in [5.74, 6) is 1.30. The Morgan fingerprint density at radius 3 is 2.73 bits per heavy atom. The molecule has 1 aliphatic heterocycles. The minimum atomic E-state index is -1.00. The molecule has 0 aliphatic carbocycles. The highest BCUT2D eigenvalue weighted by Gasteiger charge is 2.28. The summed E-state index contributed by atoms with van der Waals surface area (Å²) in [5, 5.41) is 10.2. The Morgan fingerprint density at radius 1 is 1.33 bits per heavy atom. The number of aliphatic hydroxyl groups is 1. The Labute approximate surface area is 198 Å². The summed E-state index contributed by atoms with van der Waals surface area (Å²) < 4.78 is 24.0. The number of carbonyl (C=O) groups excluding carboxylic acids is 1. The summed E-state index contributed by atoms with van der Waals surface area (Å²) in [4.78, 5) is 22.5. The van der Waals surface area contributed by atoms with Gasteiger partial charge in [-0.2, -0.15) is 0 Å². The van der Waals surface area contributed by atoms with Crippen LogP contribution in [-0.4, -0.2) is 58.9 Å². The highest BCUT2D eigenvalue weighted by atomic mass is 35.5. The van der Waals surface area contributed by atoms with E-state index in [2.05, 4.69) is 9.97 Å². The van der Waals surface area contributed by atoms with Crippen molar-refractivity contribution in [2.75, 3.05) is 31.3 Å². The molecule has 1 aliphatic rings. The van der Waals surface area contributed by atoms with Crippen LogP contribution in [0.1, 0.15) is 51.5 Å². The maximum Gasteiger partial charge on any atom is 0.238 e. The van der Waals surface area contributed by atoms with E-state index in [0.29, 0.717) is 23.9 Å². The van der Waals surface area contributed by atoms with Crippen LogP contribution in [0.4, 0.5) is 10.2 Å². The summed E-state index contributed by atoms with van der Waals surface area (Å²) in [6.45, 7) is 6.03. The zero-order valence-electron chi connectivity index (χ0n) is 19.3. The maximum atomic E-state index is 12.3. The number of halogens is 2. The van der Waals surface area contributed by atoms with Crippen LogP contribution in [0.2, 0.25) is 5.02 Å². The molecule has 3 rings (SSSR count). The third-order valence-corrected chi connectivity index (χ3v) is 5.80. The van der Waals surface area contributed by atoms with Crippen molar-refractivity contribution in [2.45, 2.75) is 57.7 Å². The number of Topliss-reactive ketones (excluding diaryl/α,β-unsaturated/α-hetero) is 1. The molecule has 1 N–H and O–H groups in total. The molecule has 0 saturated carbocycles. The van der Waals surface area contributed by atoms with Crippen molar-refractivity contribution in [2.24, 2.45) is 0 Å².